The van der Waals surface area contributed by atoms with Crippen LogP contribution in [0.2, 0.25) is 0 Å². The van der Waals surface area contributed by atoms with Crippen LogP contribution < -0.4 is 15.5 Å². The molecule has 0 saturated carbocycles. The molecule has 0 aliphatic rings. The summed E-state index contributed by atoms with van der Waals surface area (Å²) >= 11 is 0. The summed E-state index contributed by atoms with van der Waals surface area (Å²) in [6.45, 7) is 5.84. The van der Waals surface area contributed by atoms with Crippen LogP contribution in [0.15, 0.2) is 48.5 Å². The molecule has 6 heteroatoms. The quantitative estimate of drug-likeness (QED) is 0.764. The molecule has 0 aliphatic carbocycles. The van der Waals surface area contributed by atoms with E-state index in [0.29, 0.717) is 11.3 Å². The number of benzene rings is 2. The van der Waals surface area contributed by atoms with Crippen LogP contribution in [-0.2, 0) is 16.0 Å². The van der Waals surface area contributed by atoms with E-state index in [2.05, 4.69) is 29.4 Å². The fourth-order valence-corrected chi connectivity index (χ4v) is 2.61. The van der Waals surface area contributed by atoms with E-state index in [0.717, 1.165) is 18.8 Å². The van der Waals surface area contributed by atoms with Crippen molar-refractivity contribution < 1.29 is 14.0 Å². The van der Waals surface area contributed by atoms with E-state index >= 15 is 0 Å². The summed E-state index contributed by atoms with van der Waals surface area (Å²) in [7, 11) is 0. The van der Waals surface area contributed by atoms with Gasteiger partial charge in [0, 0.05) is 24.5 Å². The molecule has 0 unspecified atom stereocenters. The van der Waals surface area contributed by atoms with E-state index in [4.69, 9.17) is 0 Å². The highest BCUT2D eigenvalue weighted by Crippen LogP contribution is 2.17. The molecule has 0 atom stereocenters. The topological polar surface area (TPSA) is 61.4 Å². The molecule has 138 valence electrons. The van der Waals surface area contributed by atoms with Gasteiger partial charge in [-0.3, -0.25) is 9.59 Å². The average molecular weight is 357 g/mol. The molecule has 0 spiro atoms. The first-order valence-electron chi connectivity index (χ1n) is 8.68. The standard InChI is InChI=1S/C20H24FN3O2/c1-3-24(4-2)17-11-9-16(10-12-17)23-20(26)14-22-19(25)13-15-7-5-6-8-18(15)21/h5-12H,3-4,13-14H2,1-2H3,(H,22,25)(H,23,26). The van der Waals surface area contributed by atoms with Gasteiger partial charge < -0.3 is 15.5 Å². The maximum Gasteiger partial charge on any atom is 0.243 e. The Morgan fingerprint density at radius 1 is 0.962 bits per heavy atom. The summed E-state index contributed by atoms with van der Waals surface area (Å²) in [6, 6.07) is 13.6. The second-order valence-corrected chi connectivity index (χ2v) is 5.81. The fraction of sp³-hybridized carbons (Fsp3) is 0.300. The van der Waals surface area contributed by atoms with Crippen LogP contribution >= 0.6 is 0 Å². The van der Waals surface area contributed by atoms with Gasteiger partial charge in [0.25, 0.3) is 0 Å². The highest BCUT2D eigenvalue weighted by Gasteiger charge is 2.10. The number of amides is 2. The van der Waals surface area contributed by atoms with Gasteiger partial charge in [0.2, 0.25) is 11.8 Å². The average Bonchev–Trinajstić information content (AvgIpc) is 2.64. The molecule has 2 aromatic rings. The van der Waals surface area contributed by atoms with Crippen molar-refractivity contribution in [2.45, 2.75) is 20.3 Å². The number of anilines is 2. The first-order chi connectivity index (χ1) is 12.5. The van der Waals surface area contributed by atoms with Crippen molar-refractivity contribution in [3.63, 3.8) is 0 Å². The number of halogens is 1. The Bertz CT molecular complexity index is 743. The Morgan fingerprint density at radius 2 is 1.62 bits per heavy atom. The summed E-state index contributed by atoms with van der Waals surface area (Å²) in [5.41, 5.74) is 2.05. The van der Waals surface area contributed by atoms with E-state index in [1.54, 1.807) is 18.2 Å². The number of nitrogens with zero attached hydrogens (tertiary/aromatic N) is 1. The Labute approximate surface area is 153 Å². The van der Waals surface area contributed by atoms with Gasteiger partial charge in [0.15, 0.2) is 0 Å². The molecule has 0 bridgehead atoms. The predicted octanol–water partition coefficient (Wildman–Crippen LogP) is 2.97. The Kier molecular flexibility index (Phi) is 7.14. The van der Waals surface area contributed by atoms with Crippen molar-refractivity contribution in [3.8, 4) is 0 Å². The van der Waals surface area contributed by atoms with Crippen molar-refractivity contribution >= 4 is 23.2 Å². The Hall–Kier alpha value is -2.89. The summed E-state index contributed by atoms with van der Waals surface area (Å²) in [4.78, 5) is 26.0. The lowest BCUT2D eigenvalue weighted by Crippen LogP contribution is -2.33. The van der Waals surface area contributed by atoms with E-state index in [9.17, 15) is 14.0 Å². The number of rotatable bonds is 8. The third kappa shape index (κ3) is 5.58. The molecule has 0 saturated heterocycles. The first kappa shape index (κ1) is 19.4. The van der Waals surface area contributed by atoms with Crippen LogP contribution in [0.3, 0.4) is 0 Å². The fourth-order valence-electron chi connectivity index (χ4n) is 2.61. The summed E-state index contributed by atoms with van der Waals surface area (Å²) < 4.78 is 13.5. The van der Waals surface area contributed by atoms with Crippen LogP contribution in [0, 0.1) is 5.82 Å². The molecule has 2 rings (SSSR count). The third-order valence-electron chi connectivity index (χ3n) is 4.03. The van der Waals surface area contributed by atoms with Gasteiger partial charge >= 0.3 is 0 Å². The maximum absolute atomic E-state index is 13.5. The molecule has 2 aromatic carbocycles. The minimum absolute atomic E-state index is 0.0987. The predicted molar refractivity (Wildman–Crippen MR) is 102 cm³/mol. The summed E-state index contributed by atoms with van der Waals surface area (Å²) in [6.07, 6.45) is -0.0987. The van der Waals surface area contributed by atoms with E-state index in [-0.39, 0.29) is 18.9 Å². The molecule has 0 fully saturated rings. The molecule has 26 heavy (non-hydrogen) atoms. The van der Waals surface area contributed by atoms with Gasteiger partial charge in [-0.25, -0.2) is 4.39 Å². The zero-order valence-corrected chi connectivity index (χ0v) is 15.1. The molecule has 2 amide bonds. The smallest absolute Gasteiger partial charge is 0.243 e. The van der Waals surface area contributed by atoms with Crippen molar-refractivity contribution in [2.75, 3.05) is 29.9 Å². The third-order valence-corrected chi connectivity index (χ3v) is 4.03. The SMILES string of the molecule is CCN(CC)c1ccc(NC(=O)CNC(=O)Cc2ccccc2F)cc1. The van der Waals surface area contributed by atoms with Crippen molar-refractivity contribution in [2.24, 2.45) is 0 Å². The normalized spacial score (nSPS) is 10.3. The van der Waals surface area contributed by atoms with Crippen molar-refractivity contribution in [1.29, 1.82) is 0 Å². The zero-order chi connectivity index (χ0) is 18.9. The van der Waals surface area contributed by atoms with Crippen LogP contribution in [0.4, 0.5) is 15.8 Å². The molecule has 2 N–H and O–H groups in total. The van der Waals surface area contributed by atoms with Gasteiger partial charge in [-0.15, -0.1) is 0 Å². The zero-order valence-electron chi connectivity index (χ0n) is 15.1. The van der Waals surface area contributed by atoms with Crippen LogP contribution in [0.1, 0.15) is 19.4 Å². The van der Waals surface area contributed by atoms with Crippen LogP contribution in [0.25, 0.3) is 0 Å². The number of hydrogen-bond acceptors (Lipinski definition) is 3. The minimum Gasteiger partial charge on any atom is -0.372 e. The first-order valence-corrected chi connectivity index (χ1v) is 8.68. The van der Waals surface area contributed by atoms with Gasteiger partial charge in [-0.05, 0) is 49.7 Å². The molecule has 0 aromatic heterocycles. The molecule has 0 radical (unpaired) electrons. The monoisotopic (exact) mass is 357 g/mol. The molecular formula is C20H24FN3O2. The number of nitrogens with one attached hydrogen (secondary N) is 2. The second kappa shape index (κ2) is 9.56. The number of carbonyl (C=O) groups excluding carboxylic acids is 2. The molecule has 0 aliphatic heterocycles. The molecule has 5 nitrogen and oxygen atoms in total. The number of hydrogen-bond donors (Lipinski definition) is 2. The van der Waals surface area contributed by atoms with E-state index in [1.807, 2.05) is 24.3 Å². The van der Waals surface area contributed by atoms with Gasteiger partial charge in [0.1, 0.15) is 5.82 Å². The minimum atomic E-state index is -0.430. The lowest BCUT2D eigenvalue weighted by molar-refractivity contribution is -0.123. The number of carbonyl (C=O) groups is 2. The maximum atomic E-state index is 13.5. The van der Waals surface area contributed by atoms with Crippen LogP contribution in [-0.4, -0.2) is 31.4 Å². The van der Waals surface area contributed by atoms with Gasteiger partial charge in [-0.2, -0.15) is 0 Å². The second-order valence-electron chi connectivity index (χ2n) is 5.81. The highest BCUT2D eigenvalue weighted by atomic mass is 19.1. The van der Waals surface area contributed by atoms with E-state index in [1.165, 1.54) is 6.07 Å². The highest BCUT2D eigenvalue weighted by molar-refractivity contribution is 5.94. The van der Waals surface area contributed by atoms with Crippen molar-refractivity contribution in [3.05, 3.63) is 59.9 Å². The van der Waals surface area contributed by atoms with E-state index < -0.39 is 11.7 Å². The van der Waals surface area contributed by atoms with Gasteiger partial charge in [-0.1, -0.05) is 18.2 Å². The summed E-state index contributed by atoms with van der Waals surface area (Å²) in [5, 5.41) is 5.23. The molecule has 0 heterocycles. The van der Waals surface area contributed by atoms with Crippen LogP contribution in [0.5, 0.6) is 0 Å². The largest absolute Gasteiger partial charge is 0.372 e. The molecular weight excluding hydrogens is 333 g/mol. The lowest BCUT2D eigenvalue weighted by Gasteiger charge is -2.21. The summed E-state index contributed by atoms with van der Waals surface area (Å²) in [5.74, 6) is -1.16. The Balaban J connectivity index is 1.81. The Morgan fingerprint density at radius 3 is 2.23 bits per heavy atom. The lowest BCUT2D eigenvalue weighted by atomic mass is 10.1. The van der Waals surface area contributed by atoms with Gasteiger partial charge in [0.05, 0.1) is 13.0 Å². The van der Waals surface area contributed by atoms with Crippen molar-refractivity contribution in [1.82, 2.24) is 5.32 Å².